The highest BCUT2D eigenvalue weighted by Gasteiger charge is 2.42. The van der Waals surface area contributed by atoms with Crippen molar-refractivity contribution >= 4 is 11.8 Å². The molecule has 1 aliphatic heterocycles. The number of aliphatic hydroxyl groups is 1. The van der Waals surface area contributed by atoms with E-state index >= 15 is 0 Å². The fourth-order valence-electron chi connectivity index (χ4n) is 3.30. The maximum absolute atomic E-state index is 13.2. The Morgan fingerprint density at radius 3 is 2.81 bits per heavy atom. The summed E-state index contributed by atoms with van der Waals surface area (Å²) >= 11 is 0. The Morgan fingerprint density at radius 2 is 2.19 bits per heavy atom. The van der Waals surface area contributed by atoms with Crippen LogP contribution in [0.1, 0.15) is 26.3 Å². The third-order valence-corrected chi connectivity index (χ3v) is 4.56. The quantitative estimate of drug-likeness (QED) is 0.799. The van der Waals surface area contributed by atoms with E-state index in [0.717, 1.165) is 0 Å². The van der Waals surface area contributed by atoms with E-state index in [4.69, 9.17) is 4.42 Å². The largest absolute Gasteiger partial charge is 0.463 e. The molecule has 1 aliphatic rings. The molecule has 0 spiro atoms. The molecule has 0 aliphatic carbocycles. The van der Waals surface area contributed by atoms with Gasteiger partial charge in [0.05, 0.1) is 18.6 Å². The number of hydrogen-bond acceptors (Lipinski definition) is 6. The molecule has 0 aromatic carbocycles. The predicted octanol–water partition coefficient (Wildman–Crippen LogP) is 0.443. The molecule has 3 atom stereocenters. The molecule has 2 aromatic heterocycles. The number of carbonyl (C=O) groups excluding carboxylic acids is 2. The molecular weight excluding hydrogens is 338 g/mol. The summed E-state index contributed by atoms with van der Waals surface area (Å²) in [6, 6.07) is 2.19. The van der Waals surface area contributed by atoms with Crippen LogP contribution < -0.4 is 5.32 Å². The molecule has 2 N–H and O–H groups in total. The summed E-state index contributed by atoms with van der Waals surface area (Å²) in [5.74, 6) is -0.0731. The van der Waals surface area contributed by atoms with Gasteiger partial charge in [-0.15, -0.1) is 5.10 Å². The maximum atomic E-state index is 13.2. The summed E-state index contributed by atoms with van der Waals surface area (Å²) < 4.78 is 6.81. The topological polar surface area (TPSA) is 113 Å². The number of likely N-dealkylation sites (N-methyl/N-ethyl adjacent to an activating group) is 1. The number of furan rings is 1. The van der Waals surface area contributed by atoms with E-state index in [0.29, 0.717) is 11.5 Å². The van der Waals surface area contributed by atoms with Gasteiger partial charge in [-0.1, -0.05) is 19.1 Å². The molecule has 1 saturated heterocycles. The van der Waals surface area contributed by atoms with Crippen molar-refractivity contribution in [2.75, 3.05) is 13.6 Å². The van der Waals surface area contributed by atoms with Gasteiger partial charge in [0.2, 0.25) is 11.8 Å². The minimum Gasteiger partial charge on any atom is -0.463 e. The Bertz CT molecular complexity index is 770. The van der Waals surface area contributed by atoms with Crippen molar-refractivity contribution in [1.82, 2.24) is 25.2 Å². The first kappa shape index (κ1) is 18.1. The van der Waals surface area contributed by atoms with Gasteiger partial charge in [-0.25, -0.2) is 4.68 Å². The van der Waals surface area contributed by atoms with Gasteiger partial charge in [-0.2, -0.15) is 0 Å². The van der Waals surface area contributed by atoms with Crippen LogP contribution in [0.4, 0.5) is 0 Å². The van der Waals surface area contributed by atoms with Crippen molar-refractivity contribution in [3.8, 4) is 11.5 Å². The van der Waals surface area contributed by atoms with E-state index in [9.17, 15) is 14.7 Å². The molecule has 0 bridgehead atoms. The lowest BCUT2D eigenvalue weighted by Crippen LogP contribution is -2.48. The van der Waals surface area contributed by atoms with Gasteiger partial charge in [0.15, 0.2) is 5.76 Å². The van der Waals surface area contributed by atoms with E-state index in [1.54, 1.807) is 24.6 Å². The first-order valence-corrected chi connectivity index (χ1v) is 8.58. The van der Waals surface area contributed by atoms with Gasteiger partial charge in [0.1, 0.15) is 17.8 Å². The Morgan fingerprint density at radius 1 is 1.42 bits per heavy atom. The molecule has 9 nitrogen and oxygen atoms in total. The van der Waals surface area contributed by atoms with E-state index in [1.165, 1.54) is 16.6 Å². The van der Waals surface area contributed by atoms with Crippen molar-refractivity contribution in [1.29, 1.82) is 0 Å². The fraction of sp³-hybridized carbons (Fsp3) is 0.529. The smallest absolute Gasteiger partial charge is 0.248 e. The van der Waals surface area contributed by atoms with Gasteiger partial charge in [-0.3, -0.25) is 9.59 Å². The van der Waals surface area contributed by atoms with Gasteiger partial charge < -0.3 is 19.7 Å². The van der Waals surface area contributed by atoms with Crippen LogP contribution in [0.15, 0.2) is 29.0 Å². The Balaban J connectivity index is 1.88. The zero-order chi connectivity index (χ0) is 18.8. The number of hydrogen-bond donors (Lipinski definition) is 2. The highest BCUT2D eigenvalue weighted by Crippen LogP contribution is 2.27. The third kappa shape index (κ3) is 3.34. The van der Waals surface area contributed by atoms with E-state index < -0.39 is 18.2 Å². The second-order valence-corrected chi connectivity index (χ2v) is 6.76. The lowest BCUT2D eigenvalue weighted by molar-refractivity contribution is -0.142. The van der Waals surface area contributed by atoms with Gasteiger partial charge in [0, 0.05) is 20.0 Å². The molecule has 9 heteroatoms. The van der Waals surface area contributed by atoms with E-state index in [1.807, 2.05) is 13.8 Å². The van der Waals surface area contributed by atoms with Gasteiger partial charge in [0.25, 0.3) is 0 Å². The zero-order valence-corrected chi connectivity index (χ0v) is 15.0. The van der Waals surface area contributed by atoms with Crippen LogP contribution in [-0.4, -0.2) is 62.6 Å². The summed E-state index contributed by atoms with van der Waals surface area (Å²) in [5, 5.41) is 20.7. The average molecular weight is 361 g/mol. The molecule has 140 valence electrons. The SMILES string of the molecule is CNC(=O)[C@@H]1C[C@@H](O)CN1C(=O)C(C(C)C)n1cc(-c2ccco2)nn1. The second kappa shape index (κ2) is 7.28. The molecule has 0 saturated carbocycles. The maximum Gasteiger partial charge on any atom is 0.248 e. The van der Waals surface area contributed by atoms with Crippen LogP contribution in [0.2, 0.25) is 0 Å². The summed E-state index contributed by atoms with van der Waals surface area (Å²) in [5.41, 5.74) is 0.526. The molecule has 3 heterocycles. The number of aliphatic hydroxyl groups excluding tert-OH is 1. The first-order valence-electron chi connectivity index (χ1n) is 8.58. The summed E-state index contributed by atoms with van der Waals surface area (Å²) in [6.07, 6.45) is 2.70. The van der Waals surface area contributed by atoms with E-state index in [-0.39, 0.29) is 30.7 Å². The molecule has 26 heavy (non-hydrogen) atoms. The molecule has 1 fully saturated rings. The van der Waals surface area contributed by atoms with Crippen LogP contribution in [0.5, 0.6) is 0 Å². The van der Waals surface area contributed by atoms with Crippen molar-refractivity contribution in [2.24, 2.45) is 5.92 Å². The number of β-amino-alcohol motifs (C(OH)–C–C–N with tert-alkyl or cyclic N) is 1. The number of nitrogens with zero attached hydrogens (tertiary/aromatic N) is 4. The van der Waals surface area contributed by atoms with Crippen molar-refractivity contribution in [3.05, 3.63) is 24.6 Å². The number of aromatic nitrogens is 3. The van der Waals surface area contributed by atoms with Crippen LogP contribution >= 0.6 is 0 Å². The monoisotopic (exact) mass is 361 g/mol. The first-order chi connectivity index (χ1) is 12.4. The number of carbonyl (C=O) groups is 2. The summed E-state index contributed by atoms with van der Waals surface area (Å²) in [6.45, 7) is 3.93. The summed E-state index contributed by atoms with van der Waals surface area (Å²) in [4.78, 5) is 26.7. The van der Waals surface area contributed by atoms with Crippen LogP contribution in [0, 0.1) is 5.92 Å². The summed E-state index contributed by atoms with van der Waals surface area (Å²) in [7, 11) is 1.52. The van der Waals surface area contributed by atoms with Crippen LogP contribution in [0.25, 0.3) is 11.5 Å². The third-order valence-electron chi connectivity index (χ3n) is 4.56. The molecule has 1 unspecified atom stereocenters. The predicted molar refractivity (Wildman–Crippen MR) is 91.8 cm³/mol. The van der Waals surface area contributed by atoms with Crippen molar-refractivity contribution < 1.29 is 19.1 Å². The van der Waals surface area contributed by atoms with E-state index in [2.05, 4.69) is 15.6 Å². The molecule has 3 rings (SSSR count). The Hall–Kier alpha value is -2.68. The van der Waals surface area contributed by atoms with Gasteiger partial charge in [-0.05, 0) is 18.1 Å². The number of likely N-dealkylation sites (tertiary alicyclic amines) is 1. The van der Waals surface area contributed by atoms with Gasteiger partial charge >= 0.3 is 0 Å². The lowest BCUT2D eigenvalue weighted by Gasteiger charge is -2.29. The van der Waals surface area contributed by atoms with Crippen LogP contribution in [0.3, 0.4) is 0 Å². The zero-order valence-electron chi connectivity index (χ0n) is 15.0. The minimum absolute atomic E-state index is 0.0864. The molecule has 2 aromatic rings. The second-order valence-electron chi connectivity index (χ2n) is 6.76. The highest BCUT2D eigenvalue weighted by atomic mass is 16.3. The number of nitrogens with one attached hydrogen (secondary N) is 1. The normalized spacial score (nSPS) is 21.2. The Labute approximate surface area is 151 Å². The lowest BCUT2D eigenvalue weighted by atomic mass is 10.0. The van der Waals surface area contributed by atoms with Crippen molar-refractivity contribution in [3.63, 3.8) is 0 Å². The van der Waals surface area contributed by atoms with Crippen molar-refractivity contribution in [2.45, 2.75) is 38.5 Å². The molecule has 2 amide bonds. The number of rotatable bonds is 5. The fourth-order valence-corrected chi connectivity index (χ4v) is 3.30. The Kier molecular flexibility index (Phi) is 5.08. The minimum atomic E-state index is -0.719. The molecular formula is C17H23N5O4. The average Bonchev–Trinajstić information content (AvgIpc) is 3.33. The van der Waals surface area contributed by atoms with Crippen LogP contribution in [-0.2, 0) is 9.59 Å². The molecule has 0 radical (unpaired) electrons. The highest BCUT2D eigenvalue weighted by molar-refractivity contribution is 5.89. The standard InChI is InChI=1S/C17H23N5O4/c1-10(2)15(22-9-12(19-20-22)14-5-4-6-26-14)17(25)21-8-11(23)7-13(21)16(24)18-3/h4-6,9-11,13,15,23H,7-8H2,1-3H3,(H,18,24)/t11-,13+,15?/m1/s1. The number of amides is 2.